The molecule has 1 saturated carbocycles. The van der Waals surface area contributed by atoms with Gasteiger partial charge in [-0.05, 0) is 12.8 Å². The van der Waals surface area contributed by atoms with Crippen LogP contribution in [0.4, 0.5) is 4.79 Å². The van der Waals surface area contributed by atoms with Crippen molar-refractivity contribution in [1.82, 2.24) is 9.80 Å². The Hall–Kier alpha value is -1.26. The Labute approximate surface area is 170 Å². The Kier molecular flexibility index (Phi) is 5.51. The van der Waals surface area contributed by atoms with Gasteiger partial charge in [0.2, 0.25) is 0 Å². The molecule has 0 bridgehead atoms. The van der Waals surface area contributed by atoms with Crippen molar-refractivity contribution in [3.8, 4) is 0 Å². The summed E-state index contributed by atoms with van der Waals surface area (Å²) in [5.41, 5.74) is -0.700. The van der Waals surface area contributed by atoms with Crippen molar-refractivity contribution in [2.75, 3.05) is 52.7 Å². The van der Waals surface area contributed by atoms with Gasteiger partial charge in [-0.3, -0.25) is 9.69 Å². The molecule has 162 valence electrons. The van der Waals surface area contributed by atoms with Crippen molar-refractivity contribution in [3.63, 3.8) is 0 Å². The van der Waals surface area contributed by atoms with Gasteiger partial charge >= 0.3 is 6.03 Å². The van der Waals surface area contributed by atoms with Crippen LogP contribution in [-0.4, -0.2) is 104 Å². The molecule has 9 nitrogen and oxygen atoms in total. The molecule has 0 aromatic heterocycles. The number of rotatable bonds is 11. The van der Waals surface area contributed by atoms with Gasteiger partial charge in [0, 0.05) is 0 Å². The van der Waals surface area contributed by atoms with E-state index in [0.29, 0.717) is 39.6 Å². The summed E-state index contributed by atoms with van der Waals surface area (Å²) in [7, 11) is 0. The van der Waals surface area contributed by atoms with Crippen molar-refractivity contribution >= 4 is 11.9 Å². The molecule has 4 unspecified atom stereocenters. The van der Waals surface area contributed by atoms with Crippen LogP contribution in [0.15, 0.2) is 0 Å². The first-order chi connectivity index (χ1) is 14.2. The first-order valence-electron chi connectivity index (χ1n) is 10.8. The molecule has 4 saturated heterocycles. The molecule has 3 amide bonds. The normalized spacial score (nSPS) is 33.4. The lowest BCUT2D eigenvalue weighted by molar-refractivity contribution is -0.136. The second-order valence-electron chi connectivity index (χ2n) is 8.76. The lowest BCUT2D eigenvalue weighted by Crippen LogP contribution is -2.52. The number of urea groups is 1. The van der Waals surface area contributed by atoms with E-state index in [1.54, 1.807) is 4.90 Å². The summed E-state index contributed by atoms with van der Waals surface area (Å²) in [6, 6.07) is -0.214. The lowest BCUT2D eigenvalue weighted by Gasteiger charge is -2.38. The minimum atomic E-state index is -0.700. The van der Waals surface area contributed by atoms with Crippen LogP contribution in [0.25, 0.3) is 0 Å². The molecule has 5 aliphatic rings. The number of imide groups is 1. The van der Waals surface area contributed by atoms with Crippen molar-refractivity contribution in [1.29, 1.82) is 0 Å². The second kappa shape index (κ2) is 8.11. The molecule has 1 spiro atoms. The predicted octanol–water partition coefficient (Wildman–Crippen LogP) is 0.552. The molecule has 0 aromatic rings. The van der Waals surface area contributed by atoms with E-state index in [9.17, 15) is 9.59 Å². The Morgan fingerprint density at radius 3 is 2.28 bits per heavy atom. The standard InChI is InChI=1S/C20H30N2O7/c23-18-20(4-2-1-3-5-20)22(7-15-10-26-15)19(24)21(18)6-14(27-12-17-13-29-17)8-25-9-16-11-28-16/h14-17H,1-13H2. The van der Waals surface area contributed by atoms with Crippen molar-refractivity contribution in [2.45, 2.75) is 62.1 Å². The quantitative estimate of drug-likeness (QED) is 0.362. The molecule has 4 heterocycles. The fourth-order valence-corrected chi connectivity index (χ4v) is 4.45. The van der Waals surface area contributed by atoms with Crippen LogP contribution in [0, 0.1) is 0 Å². The van der Waals surface area contributed by atoms with Gasteiger partial charge in [-0.25, -0.2) is 4.79 Å². The van der Waals surface area contributed by atoms with Gasteiger partial charge in [-0.1, -0.05) is 19.3 Å². The molecule has 5 rings (SSSR count). The van der Waals surface area contributed by atoms with E-state index in [2.05, 4.69) is 0 Å². The van der Waals surface area contributed by atoms with E-state index in [4.69, 9.17) is 23.7 Å². The third-order valence-electron chi connectivity index (χ3n) is 6.41. The number of amides is 3. The molecule has 29 heavy (non-hydrogen) atoms. The van der Waals surface area contributed by atoms with Crippen LogP contribution in [0.3, 0.4) is 0 Å². The summed E-state index contributed by atoms with van der Waals surface area (Å²) in [5.74, 6) is -0.0790. The first kappa shape index (κ1) is 19.7. The SMILES string of the molecule is O=C1N(CC(COCC2CO2)OCC2CO2)C(=O)C2(CCCCC2)N1CC1CO1. The van der Waals surface area contributed by atoms with Crippen LogP contribution in [0.1, 0.15) is 32.1 Å². The molecular formula is C20H30N2O7. The molecule has 0 N–H and O–H groups in total. The minimum Gasteiger partial charge on any atom is -0.376 e. The highest BCUT2D eigenvalue weighted by Gasteiger charge is 2.58. The number of carbonyl (C=O) groups excluding carboxylic acids is 2. The maximum absolute atomic E-state index is 13.5. The van der Waals surface area contributed by atoms with Crippen LogP contribution < -0.4 is 0 Å². The van der Waals surface area contributed by atoms with Crippen LogP contribution >= 0.6 is 0 Å². The topological polar surface area (TPSA) is 96.7 Å². The number of hydrogen-bond donors (Lipinski definition) is 0. The molecule has 5 fully saturated rings. The highest BCUT2D eigenvalue weighted by molar-refractivity contribution is 6.07. The van der Waals surface area contributed by atoms with E-state index in [-0.39, 0.29) is 42.9 Å². The van der Waals surface area contributed by atoms with Gasteiger partial charge in [-0.2, -0.15) is 0 Å². The highest BCUT2D eigenvalue weighted by atomic mass is 16.6. The Morgan fingerprint density at radius 1 is 0.966 bits per heavy atom. The lowest BCUT2D eigenvalue weighted by atomic mass is 9.80. The van der Waals surface area contributed by atoms with E-state index >= 15 is 0 Å². The third-order valence-corrected chi connectivity index (χ3v) is 6.41. The molecular weight excluding hydrogens is 380 g/mol. The zero-order valence-electron chi connectivity index (χ0n) is 16.8. The minimum absolute atomic E-state index is 0.0615. The zero-order chi connectivity index (χ0) is 19.8. The molecule has 0 radical (unpaired) electrons. The van der Waals surface area contributed by atoms with Gasteiger partial charge in [0.25, 0.3) is 5.91 Å². The molecule has 4 aliphatic heterocycles. The smallest absolute Gasteiger partial charge is 0.327 e. The monoisotopic (exact) mass is 410 g/mol. The second-order valence-corrected chi connectivity index (χ2v) is 8.76. The first-order valence-corrected chi connectivity index (χ1v) is 10.8. The fraction of sp³-hybridized carbons (Fsp3) is 0.900. The predicted molar refractivity (Wildman–Crippen MR) is 99.4 cm³/mol. The average Bonchev–Trinajstić information content (AvgIpc) is 3.59. The van der Waals surface area contributed by atoms with Gasteiger partial charge in [-0.15, -0.1) is 0 Å². The van der Waals surface area contributed by atoms with Crippen molar-refractivity contribution in [2.24, 2.45) is 0 Å². The maximum atomic E-state index is 13.5. The fourth-order valence-electron chi connectivity index (χ4n) is 4.45. The zero-order valence-corrected chi connectivity index (χ0v) is 16.8. The number of ether oxygens (including phenoxy) is 5. The van der Waals surface area contributed by atoms with Crippen LogP contribution in [-0.2, 0) is 28.5 Å². The molecule has 1 aliphatic carbocycles. The van der Waals surface area contributed by atoms with Gasteiger partial charge < -0.3 is 28.6 Å². The third kappa shape index (κ3) is 4.44. The summed E-state index contributed by atoms with van der Waals surface area (Å²) in [4.78, 5) is 29.9. The molecule has 9 heteroatoms. The number of nitrogens with zero attached hydrogens (tertiary/aromatic N) is 2. The van der Waals surface area contributed by atoms with Gasteiger partial charge in [0.05, 0.1) is 64.9 Å². The van der Waals surface area contributed by atoms with Gasteiger partial charge in [0.1, 0.15) is 17.7 Å². The summed E-state index contributed by atoms with van der Waals surface area (Å²) in [6.45, 7) is 4.08. The van der Waals surface area contributed by atoms with Crippen molar-refractivity contribution < 1.29 is 33.3 Å². The molecule has 4 atom stereocenters. The van der Waals surface area contributed by atoms with Gasteiger partial charge in [0.15, 0.2) is 0 Å². The Bertz CT molecular complexity index is 626. The van der Waals surface area contributed by atoms with Crippen molar-refractivity contribution in [3.05, 3.63) is 0 Å². The summed E-state index contributed by atoms with van der Waals surface area (Å²) < 4.78 is 27.4. The highest BCUT2D eigenvalue weighted by Crippen LogP contribution is 2.41. The van der Waals surface area contributed by atoms with E-state index in [1.165, 1.54) is 4.90 Å². The average molecular weight is 410 g/mol. The van der Waals surface area contributed by atoms with E-state index in [0.717, 1.165) is 38.7 Å². The van der Waals surface area contributed by atoms with Crippen LogP contribution in [0.2, 0.25) is 0 Å². The Balaban J connectivity index is 1.27. The van der Waals surface area contributed by atoms with Crippen LogP contribution in [0.5, 0.6) is 0 Å². The Morgan fingerprint density at radius 2 is 1.62 bits per heavy atom. The number of carbonyl (C=O) groups is 2. The number of hydrogen-bond acceptors (Lipinski definition) is 7. The number of epoxide rings is 3. The summed E-state index contributed by atoms with van der Waals surface area (Å²) in [5, 5.41) is 0. The summed E-state index contributed by atoms with van der Waals surface area (Å²) in [6.07, 6.45) is 4.49. The summed E-state index contributed by atoms with van der Waals surface area (Å²) >= 11 is 0. The van der Waals surface area contributed by atoms with E-state index < -0.39 is 5.54 Å². The maximum Gasteiger partial charge on any atom is 0.327 e. The molecule has 0 aromatic carbocycles. The van der Waals surface area contributed by atoms with E-state index in [1.807, 2.05) is 0 Å². The largest absolute Gasteiger partial charge is 0.376 e.